The molecule has 1 aliphatic heterocycles. The molecule has 1 aliphatic rings. The summed E-state index contributed by atoms with van der Waals surface area (Å²) in [6.07, 6.45) is 0. The summed E-state index contributed by atoms with van der Waals surface area (Å²) in [4.78, 5) is 14.4. The summed E-state index contributed by atoms with van der Waals surface area (Å²) >= 11 is 7.02. The van der Waals surface area contributed by atoms with Crippen LogP contribution in [0.25, 0.3) is 10.2 Å². The quantitative estimate of drug-likeness (QED) is 0.628. The molecular weight excluding hydrogens is 418 g/mol. The van der Waals surface area contributed by atoms with Crippen molar-refractivity contribution in [3.05, 3.63) is 57.2 Å². The van der Waals surface area contributed by atoms with Gasteiger partial charge in [0.25, 0.3) is 0 Å². The Morgan fingerprint density at radius 1 is 1.04 bits per heavy atom. The van der Waals surface area contributed by atoms with Crippen molar-refractivity contribution >= 4 is 48.9 Å². The van der Waals surface area contributed by atoms with Gasteiger partial charge in [-0.2, -0.15) is 4.31 Å². The number of hydrogen-bond donors (Lipinski definition) is 0. The smallest absolute Gasteiger partial charge is 0.308 e. The lowest BCUT2D eigenvalue weighted by molar-refractivity contribution is 0.385. The Hall–Kier alpha value is -1.87. The molecule has 0 unspecified atom stereocenters. The molecule has 0 radical (unpaired) electrons. The zero-order chi connectivity index (χ0) is 19.9. The normalized spacial score (nSPS) is 16.0. The van der Waals surface area contributed by atoms with Crippen molar-refractivity contribution in [2.24, 2.45) is 0 Å². The predicted octanol–water partition coefficient (Wildman–Crippen LogP) is 3.25. The summed E-state index contributed by atoms with van der Waals surface area (Å²) in [5.74, 6) is 0. The first-order chi connectivity index (χ1) is 13.4. The van der Waals surface area contributed by atoms with Crippen LogP contribution in [0.15, 0.2) is 52.2 Å². The van der Waals surface area contributed by atoms with Crippen LogP contribution in [0.4, 0.5) is 5.69 Å². The number of fused-ring (bicyclic) bond motifs is 1. The number of anilines is 1. The summed E-state index contributed by atoms with van der Waals surface area (Å²) in [6, 6.07) is 12.5. The first-order valence-corrected chi connectivity index (χ1v) is 11.7. The largest absolute Gasteiger partial charge is 0.369 e. The molecule has 0 N–H and O–H groups in total. The fourth-order valence-corrected chi connectivity index (χ4v) is 6.14. The van der Waals surface area contributed by atoms with Gasteiger partial charge in [-0.05, 0) is 49.4 Å². The van der Waals surface area contributed by atoms with E-state index in [1.165, 1.54) is 4.31 Å². The average Bonchev–Trinajstić information content (AvgIpc) is 3.02. The molecule has 0 bridgehead atoms. The Balaban J connectivity index is 1.55. The van der Waals surface area contributed by atoms with E-state index >= 15 is 0 Å². The van der Waals surface area contributed by atoms with Crippen LogP contribution in [0.5, 0.6) is 0 Å². The summed E-state index contributed by atoms with van der Waals surface area (Å²) < 4.78 is 30.0. The van der Waals surface area contributed by atoms with E-state index in [1.807, 2.05) is 31.2 Å². The van der Waals surface area contributed by atoms with Crippen molar-refractivity contribution in [1.82, 2.24) is 8.87 Å². The number of rotatable bonds is 4. The van der Waals surface area contributed by atoms with E-state index in [1.54, 1.807) is 22.8 Å². The molecule has 1 fully saturated rings. The summed E-state index contributed by atoms with van der Waals surface area (Å²) in [5.41, 5.74) is 1.82. The fraction of sp³-hybridized carbons (Fsp3) is 0.316. The van der Waals surface area contributed by atoms with Crippen LogP contribution in [0.1, 0.15) is 6.92 Å². The van der Waals surface area contributed by atoms with Crippen molar-refractivity contribution in [3.63, 3.8) is 0 Å². The number of hydrogen-bond acceptors (Lipinski definition) is 5. The molecule has 3 aromatic rings. The van der Waals surface area contributed by atoms with Crippen molar-refractivity contribution < 1.29 is 8.42 Å². The maximum atomic E-state index is 13.1. The zero-order valence-corrected chi connectivity index (χ0v) is 17.7. The van der Waals surface area contributed by atoms with Crippen LogP contribution in [-0.4, -0.2) is 43.5 Å². The lowest BCUT2D eigenvalue weighted by Crippen LogP contribution is -2.48. The van der Waals surface area contributed by atoms with E-state index in [9.17, 15) is 13.2 Å². The second-order valence-electron chi connectivity index (χ2n) is 6.61. The van der Waals surface area contributed by atoms with Crippen LogP contribution in [0.2, 0.25) is 5.02 Å². The van der Waals surface area contributed by atoms with Crippen LogP contribution >= 0.6 is 22.9 Å². The average molecular weight is 438 g/mol. The minimum Gasteiger partial charge on any atom is -0.369 e. The molecule has 6 nitrogen and oxygen atoms in total. The van der Waals surface area contributed by atoms with Crippen LogP contribution < -0.4 is 9.77 Å². The van der Waals surface area contributed by atoms with Gasteiger partial charge in [-0.25, -0.2) is 8.42 Å². The van der Waals surface area contributed by atoms with Crippen LogP contribution in [-0.2, 0) is 16.6 Å². The van der Waals surface area contributed by atoms with Gasteiger partial charge in [-0.1, -0.05) is 22.9 Å². The Labute approximate surface area is 172 Å². The summed E-state index contributed by atoms with van der Waals surface area (Å²) in [6.45, 7) is 4.52. The van der Waals surface area contributed by atoms with Crippen LogP contribution in [0.3, 0.4) is 0 Å². The molecular formula is C19H20ClN3O3S2. The van der Waals surface area contributed by atoms with Crippen molar-refractivity contribution in [2.45, 2.75) is 18.4 Å². The molecule has 28 heavy (non-hydrogen) atoms. The van der Waals surface area contributed by atoms with Crippen molar-refractivity contribution in [3.8, 4) is 0 Å². The van der Waals surface area contributed by atoms with E-state index in [0.717, 1.165) is 22.5 Å². The molecule has 0 spiro atoms. The number of aryl methyl sites for hydroxylation is 1. The number of aromatic nitrogens is 1. The molecule has 1 aromatic heterocycles. The van der Waals surface area contributed by atoms with Gasteiger partial charge in [0.2, 0.25) is 10.0 Å². The summed E-state index contributed by atoms with van der Waals surface area (Å²) in [7, 11) is -3.60. The monoisotopic (exact) mass is 437 g/mol. The van der Waals surface area contributed by atoms with E-state index in [2.05, 4.69) is 4.90 Å². The third-order valence-corrected chi connectivity index (χ3v) is 8.11. The minimum atomic E-state index is -3.60. The Bertz CT molecular complexity index is 1160. The van der Waals surface area contributed by atoms with Crippen molar-refractivity contribution in [1.29, 1.82) is 0 Å². The van der Waals surface area contributed by atoms with Gasteiger partial charge in [0.15, 0.2) is 0 Å². The second-order valence-corrected chi connectivity index (χ2v) is 9.98. The molecule has 0 saturated carbocycles. The van der Waals surface area contributed by atoms with Gasteiger partial charge in [0.05, 0.1) is 15.1 Å². The van der Waals surface area contributed by atoms with Crippen LogP contribution in [0, 0.1) is 0 Å². The first kappa shape index (κ1) is 19.4. The van der Waals surface area contributed by atoms with E-state index in [-0.39, 0.29) is 9.77 Å². The van der Waals surface area contributed by atoms with Crippen molar-refractivity contribution in [2.75, 3.05) is 31.1 Å². The number of piperazine rings is 1. The maximum absolute atomic E-state index is 13.1. The van der Waals surface area contributed by atoms with Gasteiger partial charge in [-0.15, -0.1) is 0 Å². The van der Waals surface area contributed by atoms with E-state index in [0.29, 0.717) is 42.4 Å². The lowest BCUT2D eigenvalue weighted by Gasteiger charge is -2.35. The molecule has 9 heteroatoms. The third-order valence-electron chi connectivity index (χ3n) is 5.02. The minimum absolute atomic E-state index is 0.0661. The second kappa shape index (κ2) is 7.51. The van der Waals surface area contributed by atoms with E-state index < -0.39 is 10.0 Å². The molecule has 0 aliphatic carbocycles. The highest BCUT2D eigenvalue weighted by molar-refractivity contribution is 7.89. The standard InChI is InChI=1S/C19H20ClN3O3S2/c1-2-23-17-8-7-16(13-18(17)27-19(23)24)28(25,26)22-11-9-21(10-12-22)15-5-3-14(20)4-6-15/h3-8,13H,2,9-12H2,1H3. The third kappa shape index (κ3) is 3.45. The summed E-state index contributed by atoms with van der Waals surface area (Å²) in [5, 5.41) is 0.680. The lowest BCUT2D eigenvalue weighted by atomic mass is 10.2. The highest BCUT2D eigenvalue weighted by Gasteiger charge is 2.29. The van der Waals surface area contributed by atoms with E-state index in [4.69, 9.17) is 11.6 Å². The highest BCUT2D eigenvalue weighted by Crippen LogP contribution is 2.26. The zero-order valence-electron chi connectivity index (χ0n) is 15.3. The van der Waals surface area contributed by atoms with Gasteiger partial charge in [0, 0.05) is 43.4 Å². The number of halogens is 1. The Morgan fingerprint density at radius 3 is 2.36 bits per heavy atom. The Kier molecular flexibility index (Phi) is 5.22. The molecule has 148 valence electrons. The number of thiazole rings is 1. The molecule has 0 atom stereocenters. The topological polar surface area (TPSA) is 62.6 Å². The molecule has 2 aromatic carbocycles. The highest BCUT2D eigenvalue weighted by atomic mass is 35.5. The molecule has 0 amide bonds. The number of nitrogens with zero attached hydrogens (tertiary/aromatic N) is 3. The van der Waals surface area contributed by atoms with Gasteiger partial charge in [-0.3, -0.25) is 9.36 Å². The molecule has 4 rings (SSSR count). The molecule has 1 saturated heterocycles. The fourth-order valence-electron chi connectivity index (χ4n) is 3.49. The predicted molar refractivity (Wildman–Crippen MR) is 114 cm³/mol. The maximum Gasteiger partial charge on any atom is 0.308 e. The number of benzene rings is 2. The van der Waals surface area contributed by atoms with Gasteiger partial charge < -0.3 is 4.90 Å². The SMILES string of the molecule is CCn1c(=O)sc2cc(S(=O)(=O)N3CCN(c4ccc(Cl)cc4)CC3)ccc21. The number of sulfonamides is 1. The van der Waals surface area contributed by atoms with Gasteiger partial charge >= 0.3 is 4.87 Å². The first-order valence-electron chi connectivity index (χ1n) is 9.04. The van der Waals surface area contributed by atoms with Gasteiger partial charge in [0.1, 0.15) is 0 Å². The Morgan fingerprint density at radius 2 is 1.71 bits per heavy atom. The molecule has 2 heterocycles.